The molecule has 2 aromatic carbocycles. The molecule has 0 saturated carbocycles. The van der Waals surface area contributed by atoms with E-state index in [0.717, 1.165) is 6.92 Å². The first-order chi connectivity index (χ1) is 14.7. The molecule has 0 spiro atoms. The van der Waals surface area contributed by atoms with Crippen molar-refractivity contribution >= 4 is 29.4 Å². The Balaban J connectivity index is 0.000000785. The Labute approximate surface area is 179 Å². The van der Waals surface area contributed by atoms with Crippen LogP contribution in [0.5, 0.6) is 5.75 Å². The first-order valence-corrected chi connectivity index (χ1v) is 9.59. The second-order valence-electron chi connectivity index (χ2n) is 6.71. The fraction of sp³-hybridized carbons (Fsp3) is 0.273. The third-order valence-electron chi connectivity index (χ3n) is 4.28. The van der Waals surface area contributed by atoms with Gasteiger partial charge >= 0.3 is 6.09 Å². The lowest BCUT2D eigenvalue weighted by Gasteiger charge is -2.14. The standard InChI is InChI=1S/C20H21N3O4.C2H4O2/c1-2-18(24)13-6-8-16(9-7-13)26-12-17-11-23(20(25)27-17)15-5-3-4-14(10-15)19(21)22;1-2(3)4/h3-10,17H,2,11-12H2,1H3,(H3,21,22);1H3,(H,3,4). The van der Waals surface area contributed by atoms with Gasteiger partial charge in [-0.05, 0) is 36.4 Å². The summed E-state index contributed by atoms with van der Waals surface area (Å²) < 4.78 is 11.0. The van der Waals surface area contributed by atoms with Gasteiger partial charge in [0.1, 0.15) is 18.2 Å². The van der Waals surface area contributed by atoms with Crippen molar-refractivity contribution in [2.24, 2.45) is 5.73 Å². The van der Waals surface area contributed by atoms with E-state index in [1.165, 1.54) is 4.90 Å². The molecular formula is C22H25N3O6. The number of carbonyl (C=O) groups is 3. The zero-order valence-electron chi connectivity index (χ0n) is 17.3. The Morgan fingerprint density at radius 2 is 1.87 bits per heavy atom. The number of carbonyl (C=O) groups excluding carboxylic acids is 2. The van der Waals surface area contributed by atoms with Crippen molar-refractivity contribution in [3.8, 4) is 5.75 Å². The van der Waals surface area contributed by atoms with Gasteiger partial charge in [-0.25, -0.2) is 4.79 Å². The molecule has 0 aliphatic carbocycles. The van der Waals surface area contributed by atoms with Gasteiger partial charge in [-0.1, -0.05) is 19.1 Å². The predicted molar refractivity (Wildman–Crippen MR) is 115 cm³/mol. The molecule has 1 heterocycles. The van der Waals surface area contributed by atoms with Crippen molar-refractivity contribution in [1.82, 2.24) is 0 Å². The van der Waals surface area contributed by atoms with Crippen LogP contribution in [0.15, 0.2) is 48.5 Å². The molecule has 31 heavy (non-hydrogen) atoms. The number of ether oxygens (including phenoxy) is 2. The number of carboxylic acids is 1. The van der Waals surface area contributed by atoms with Crippen LogP contribution in [0.1, 0.15) is 36.2 Å². The van der Waals surface area contributed by atoms with E-state index in [1.807, 2.05) is 6.92 Å². The van der Waals surface area contributed by atoms with Crippen LogP contribution < -0.4 is 15.4 Å². The SMILES string of the molecule is CC(=O)O.CCC(=O)c1ccc(OCC2CN(c3cccc(C(=N)N)c3)C(=O)O2)cc1. The second-order valence-corrected chi connectivity index (χ2v) is 6.71. The summed E-state index contributed by atoms with van der Waals surface area (Å²) in [6.45, 7) is 3.45. The average molecular weight is 427 g/mol. The highest BCUT2D eigenvalue weighted by Gasteiger charge is 2.33. The highest BCUT2D eigenvalue weighted by molar-refractivity contribution is 5.97. The van der Waals surface area contributed by atoms with E-state index >= 15 is 0 Å². The van der Waals surface area contributed by atoms with Crippen molar-refractivity contribution in [2.75, 3.05) is 18.1 Å². The number of hydrogen-bond donors (Lipinski definition) is 3. The number of cyclic esters (lactones) is 1. The van der Waals surface area contributed by atoms with Gasteiger partial charge in [-0.2, -0.15) is 0 Å². The minimum Gasteiger partial charge on any atom is -0.490 e. The molecule has 1 aliphatic heterocycles. The number of nitrogens with one attached hydrogen (secondary N) is 1. The number of nitrogens with two attached hydrogens (primary N) is 1. The molecule has 1 fully saturated rings. The van der Waals surface area contributed by atoms with Gasteiger partial charge in [0.25, 0.3) is 5.97 Å². The lowest BCUT2D eigenvalue weighted by Crippen LogP contribution is -2.27. The molecule has 2 aromatic rings. The molecule has 0 aromatic heterocycles. The van der Waals surface area contributed by atoms with E-state index in [0.29, 0.717) is 35.5 Å². The zero-order valence-corrected chi connectivity index (χ0v) is 17.3. The van der Waals surface area contributed by atoms with Crippen LogP contribution in [0.3, 0.4) is 0 Å². The van der Waals surface area contributed by atoms with Gasteiger partial charge in [0.05, 0.1) is 6.54 Å². The molecule has 1 aliphatic rings. The molecule has 4 N–H and O–H groups in total. The number of anilines is 1. The van der Waals surface area contributed by atoms with E-state index < -0.39 is 18.2 Å². The highest BCUT2D eigenvalue weighted by atomic mass is 16.6. The largest absolute Gasteiger partial charge is 0.490 e. The fourth-order valence-corrected chi connectivity index (χ4v) is 2.79. The third kappa shape index (κ3) is 6.84. The minimum atomic E-state index is -0.833. The highest BCUT2D eigenvalue weighted by Crippen LogP contribution is 2.23. The molecule has 164 valence electrons. The fourth-order valence-electron chi connectivity index (χ4n) is 2.79. The molecule has 9 nitrogen and oxygen atoms in total. The summed E-state index contributed by atoms with van der Waals surface area (Å²) >= 11 is 0. The van der Waals surface area contributed by atoms with Crippen LogP contribution >= 0.6 is 0 Å². The number of nitrogens with zero attached hydrogens (tertiary/aromatic N) is 1. The number of hydrogen-bond acceptors (Lipinski definition) is 6. The number of Topliss-reactive ketones (excluding diaryl/α,β-unsaturated/α-hetero) is 1. The van der Waals surface area contributed by atoms with Crippen LogP contribution in [0.4, 0.5) is 10.5 Å². The summed E-state index contributed by atoms with van der Waals surface area (Å²) in [5, 5.41) is 14.9. The Hall–Kier alpha value is -3.88. The Bertz CT molecular complexity index is 954. The number of nitrogen functional groups attached to an aromatic ring is 1. The van der Waals surface area contributed by atoms with Gasteiger partial charge < -0.3 is 20.3 Å². The molecule has 1 amide bonds. The maximum absolute atomic E-state index is 12.2. The van der Waals surface area contributed by atoms with Gasteiger partial charge in [-0.3, -0.25) is 19.9 Å². The smallest absolute Gasteiger partial charge is 0.414 e. The van der Waals surface area contributed by atoms with Crippen LogP contribution in [0.2, 0.25) is 0 Å². The summed E-state index contributed by atoms with van der Waals surface area (Å²) in [5.74, 6) is -0.209. The molecular weight excluding hydrogens is 402 g/mol. The number of benzene rings is 2. The zero-order chi connectivity index (χ0) is 23.0. The number of rotatable bonds is 7. The maximum Gasteiger partial charge on any atom is 0.414 e. The number of amides is 1. The monoisotopic (exact) mass is 427 g/mol. The molecule has 3 rings (SSSR count). The molecule has 1 saturated heterocycles. The van der Waals surface area contributed by atoms with Gasteiger partial charge in [0.15, 0.2) is 11.9 Å². The number of ketones is 1. The Morgan fingerprint density at radius 3 is 2.45 bits per heavy atom. The second kappa shape index (κ2) is 10.8. The van der Waals surface area contributed by atoms with Gasteiger partial charge in [0.2, 0.25) is 0 Å². The van der Waals surface area contributed by atoms with Crippen molar-refractivity contribution in [2.45, 2.75) is 26.4 Å². The molecule has 1 atom stereocenters. The van der Waals surface area contributed by atoms with E-state index in [4.69, 9.17) is 30.5 Å². The number of amidine groups is 1. The van der Waals surface area contributed by atoms with Crippen LogP contribution in [0.25, 0.3) is 0 Å². The van der Waals surface area contributed by atoms with Gasteiger partial charge in [0, 0.05) is 30.2 Å². The van der Waals surface area contributed by atoms with Crippen molar-refractivity contribution in [3.05, 3.63) is 59.7 Å². The summed E-state index contributed by atoms with van der Waals surface area (Å²) in [7, 11) is 0. The normalized spacial score (nSPS) is 14.8. The average Bonchev–Trinajstić information content (AvgIpc) is 3.12. The van der Waals surface area contributed by atoms with Crippen LogP contribution in [0, 0.1) is 5.41 Å². The van der Waals surface area contributed by atoms with Crippen molar-refractivity contribution in [1.29, 1.82) is 5.41 Å². The maximum atomic E-state index is 12.2. The first-order valence-electron chi connectivity index (χ1n) is 9.59. The summed E-state index contributed by atoms with van der Waals surface area (Å²) in [4.78, 5) is 34.3. The third-order valence-corrected chi connectivity index (χ3v) is 4.28. The van der Waals surface area contributed by atoms with Gasteiger partial charge in [-0.15, -0.1) is 0 Å². The van der Waals surface area contributed by atoms with E-state index in [1.54, 1.807) is 48.5 Å². The number of aliphatic carboxylic acids is 1. The van der Waals surface area contributed by atoms with Crippen LogP contribution in [-0.2, 0) is 9.53 Å². The lowest BCUT2D eigenvalue weighted by atomic mass is 10.1. The van der Waals surface area contributed by atoms with Crippen LogP contribution in [-0.4, -0.2) is 48.0 Å². The summed E-state index contributed by atoms with van der Waals surface area (Å²) in [5.41, 5.74) is 7.31. The molecule has 0 radical (unpaired) electrons. The molecule has 0 bridgehead atoms. The Kier molecular flexibility index (Phi) is 8.13. The lowest BCUT2D eigenvalue weighted by molar-refractivity contribution is -0.134. The molecule has 9 heteroatoms. The minimum absolute atomic E-state index is 0.0608. The van der Waals surface area contributed by atoms with E-state index in [9.17, 15) is 9.59 Å². The van der Waals surface area contributed by atoms with E-state index in [-0.39, 0.29) is 18.2 Å². The van der Waals surface area contributed by atoms with Crippen molar-refractivity contribution in [3.63, 3.8) is 0 Å². The predicted octanol–water partition coefficient (Wildman–Crippen LogP) is 3.06. The van der Waals surface area contributed by atoms with Crippen molar-refractivity contribution < 1.29 is 29.0 Å². The summed E-state index contributed by atoms with van der Waals surface area (Å²) in [6.07, 6.45) is -0.428. The summed E-state index contributed by atoms with van der Waals surface area (Å²) in [6, 6.07) is 13.8. The number of carboxylic acid groups (broad SMARTS) is 1. The van der Waals surface area contributed by atoms with E-state index in [2.05, 4.69) is 0 Å². The molecule has 1 unspecified atom stereocenters. The first kappa shape index (κ1) is 23.4. The quantitative estimate of drug-likeness (QED) is 0.350. The topological polar surface area (TPSA) is 143 Å². The Morgan fingerprint density at radius 1 is 1.23 bits per heavy atom.